The maximum absolute atomic E-state index is 12.8. The Morgan fingerprint density at radius 3 is 2.50 bits per heavy atom. The summed E-state index contributed by atoms with van der Waals surface area (Å²) < 4.78 is 48.8. The molecular formula is C19H20ClNO5S2. The smallest absolute Gasteiger partial charge is 0.252 e. The Morgan fingerprint density at radius 1 is 1.14 bits per heavy atom. The van der Waals surface area contributed by atoms with Crippen molar-refractivity contribution in [2.75, 3.05) is 18.1 Å². The van der Waals surface area contributed by atoms with Gasteiger partial charge in [-0.25, -0.2) is 16.8 Å². The van der Waals surface area contributed by atoms with Crippen LogP contribution in [0.3, 0.4) is 0 Å². The highest BCUT2D eigenvalue weighted by Crippen LogP contribution is 2.28. The van der Waals surface area contributed by atoms with Crippen LogP contribution in [0.2, 0.25) is 5.02 Å². The molecule has 0 spiro atoms. The van der Waals surface area contributed by atoms with Crippen LogP contribution in [-0.4, -0.2) is 46.0 Å². The lowest BCUT2D eigenvalue weighted by Gasteiger charge is -2.13. The third kappa shape index (κ3) is 4.74. The van der Waals surface area contributed by atoms with E-state index in [0.717, 1.165) is 5.56 Å². The molecule has 1 saturated heterocycles. The van der Waals surface area contributed by atoms with Gasteiger partial charge in [-0.1, -0.05) is 41.9 Å². The molecule has 3 rings (SSSR count). The zero-order valence-corrected chi connectivity index (χ0v) is 17.4. The molecule has 9 heteroatoms. The molecule has 0 aromatic heterocycles. The minimum absolute atomic E-state index is 0.0525. The summed E-state index contributed by atoms with van der Waals surface area (Å²) in [6.45, 7) is 0.372. The van der Waals surface area contributed by atoms with Crippen LogP contribution < -0.4 is 5.32 Å². The normalized spacial score (nSPS) is 18.7. The van der Waals surface area contributed by atoms with E-state index >= 15 is 0 Å². The molecule has 2 aromatic rings. The van der Waals surface area contributed by atoms with Gasteiger partial charge in [-0.2, -0.15) is 0 Å². The molecule has 28 heavy (non-hydrogen) atoms. The van der Waals surface area contributed by atoms with E-state index in [9.17, 15) is 21.6 Å². The predicted molar refractivity (Wildman–Crippen MR) is 108 cm³/mol. The molecule has 1 N–H and O–H groups in total. The van der Waals surface area contributed by atoms with Crippen molar-refractivity contribution in [2.45, 2.75) is 23.0 Å². The van der Waals surface area contributed by atoms with E-state index in [1.807, 2.05) is 30.3 Å². The summed E-state index contributed by atoms with van der Waals surface area (Å²) in [6, 6.07) is 13.5. The zero-order chi connectivity index (χ0) is 20.4. The number of halogens is 1. The van der Waals surface area contributed by atoms with Crippen LogP contribution in [0, 0.1) is 0 Å². The highest BCUT2D eigenvalue weighted by atomic mass is 35.5. The topological polar surface area (TPSA) is 97.4 Å². The van der Waals surface area contributed by atoms with Crippen molar-refractivity contribution >= 4 is 37.2 Å². The Kier molecular flexibility index (Phi) is 6.12. The van der Waals surface area contributed by atoms with Gasteiger partial charge in [-0.15, -0.1) is 0 Å². The SMILES string of the molecule is O=C(NCCc1ccccc1)c1cc(S(=O)(=O)C2CCS(=O)(=O)C2)ccc1Cl. The van der Waals surface area contributed by atoms with E-state index in [2.05, 4.69) is 5.32 Å². The van der Waals surface area contributed by atoms with Gasteiger partial charge in [0.25, 0.3) is 5.91 Å². The number of hydrogen-bond donors (Lipinski definition) is 1. The van der Waals surface area contributed by atoms with E-state index in [-0.39, 0.29) is 27.7 Å². The van der Waals surface area contributed by atoms with E-state index in [1.165, 1.54) is 18.2 Å². The second-order valence-corrected chi connectivity index (χ2v) is 11.6. The minimum atomic E-state index is -3.86. The Hall–Kier alpha value is -1.90. The van der Waals surface area contributed by atoms with Gasteiger partial charge in [0.2, 0.25) is 0 Å². The maximum atomic E-state index is 12.8. The molecule has 0 saturated carbocycles. The van der Waals surface area contributed by atoms with Crippen molar-refractivity contribution in [1.29, 1.82) is 0 Å². The van der Waals surface area contributed by atoms with Crippen LogP contribution in [0.5, 0.6) is 0 Å². The molecule has 0 radical (unpaired) electrons. The van der Waals surface area contributed by atoms with Gasteiger partial charge in [0.15, 0.2) is 19.7 Å². The van der Waals surface area contributed by atoms with Gasteiger partial charge < -0.3 is 5.32 Å². The summed E-state index contributed by atoms with van der Waals surface area (Å²) in [5.74, 6) is -1.01. The quantitative estimate of drug-likeness (QED) is 0.741. The van der Waals surface area contributed by atoms with Crippen molar-refractivity contribution < 1.29 is 21.6 Å². The highest BCUT2D eigenvalue weighted by molar-refractivity contribution is 7.96. The van der Waals surface area contributed by atoms with E-state index in [4.69, 9.17) is 11.6 Å². The number of amides is 1. The summed E-state index contributed by atoms with van der Waals surface area (Å²) in [5.41, 5.74) is 1.12. The first-order chi connectivity index (χ1) is 13.2. The number of carbonyl (C=O) groups excluding carboxylic acids is 1. The van der Waals surface area contributed by atoms with Crippen LogP contribution >= 0.6 is 11.6 Å². The molecule has 1 aliphatic rings. The standard InChI is InChI=1S/C19H20ClNO5S2/c20-18-7-6-15(28(25,26)16-9-11-27(23,24)13-16)12-17(18)19(22)21-10-8-14-4-2-1-3-5-14/h1-7,12,16H,8-11,13H2,(H,21,22). The highest BCUT2D eigenvalue weighted by Gasteiger charge is 2.38. The fraction of sp³-hybridized carbons (Fsp3) is 0.316. The second-order valence-electron chi connectivity index (χ2n) is 6.70. The Labute approximate surface area is 169 Å². The average Bonchev–Trinajstić information content (AvgIpc) is 3.03. The first kappa shape index (κ1) is 20.8. The molecule has 2 aromatic carbocycles. The van der Waals surface area contributed by atoms with Gasteiger partial charge in [0, 0.05) is 6.54 Å². The molecule has 0 bridgehead atoms. The monoisotopic (exact) mass is 441 g/mol. The summed E-state index contributed by atoms with van der Waals surface area (Å²) in [6.07, 6.45) is 0.689. The van der Waals surface area contributed by atoms with Crippen molar-refractivity contribution in [1.82, 2.24) is 5.32 Å². The van der Waals surface area contributed by atoms with Crippen molar-refractivity contribution in [3.8, 4) is 0 Å². The number of rotatable bonds is 6. The molecule has 1 fully saturated rings. The summed E-state index contributed by atoms with van der Waals surface area (Å²) in [5, 5.41) is 1.88. The lowest BCUT2D eigenvalue weighted by atomic mass is 10.1. The average molecular weight is 442 g/mol. The van der Waals surface area contributed by atoms with Crippen LogP contribution in [0.1, 0.15) is 22.3 Å². The predicted octanol–water partition coefficient (Wildman–Crippen LogP) is 2.27. The number of hydrogen-bond acceptors (Lipinski definition) is 5. The summed E-state index contributed by atoms with van der Waals surface area (Å²) >= 11 is 6.09. The fourth-order valence-electron chi connectivity index (χ4n) is 3.11. The lowest BCUT2D eigenvalue weighted by Crippen LogP contribution is -2.27. The molecule has 6 nitrogen and oxygen atoms in total. The lowest BCUT2D eigenvalue weighted by molar-refractivity contribution is 0.0954. The van der Waals surface area contributed by atoms with Crippen molar-refractivity contribution in [3.05, 3.63) is 64.7 Å². The van der Waals surface area contributed by atoms with Gasteiger partial charge in [-0.3, -0.25) is 4.79 Å². The Balaban J connectivity index is 1.74. The second kappa shape index (κ2) is 8.23. The van der Waals surface area contributed by atoms with Gasteiger partial charge in [0.1, 0.15) is 0 Å². The van der Waals surface area contributed by atoms with Crippen molar-refractivity contribution in [3.63, 3.8) is 0 Å². The maximum Gasteiger partial charge on any atom is 0.252 e. The molecule has 150 valence electrons. The first-order valence-electron chi connectivity index (χ1n) is 8.75. The molecule has 1 unspecified atom stereocenters. The molecular weight excluding hydrogens is 422 g/mol. The largest absolute Gasteiger partial charge is 0.352 e. The molecule has 0 aliphatic carbocycles. The van der Waals surface area contributed by atoms with Gasteiger partial charge in [-0.05, 0) is 36.6 Å². The minimum Gasteiger partial charge on any atom is -0.352 e. The third-order valence-electron chi connectivity index (χ3n) is 4.68. The zero-order valence-electron chi connectivity index (χ0n) is 15.0. The molecule has 1 aliphatic heterocycles. The summed E-state index contributed by atoms with van der Waals surface area (Å²) in [4.78, 5) is 12.4. The summed E-state index contributed by atoms with van der Waals surface area (Å²) in [7, 11) is -7.21. The number of sulfone groups is 2. The van der Waals surface area contributed by atoms with Crippen molar-refractivity contribution in [2.24, 2.45) is 0 Å². The van der Waals surface area contributed by atoms with Gasteiger partial charge in [0.05, 0.1) is 32.2 Å². The van der Waals surface area contributed by atoms with Crippen LogP contribution in [0.25, 0.3) is 0 Å². The van der Waals surface area contributed by atoms with E-state index < -0.39 is 36.6 Å². The van der Waals surface area contributed by atoms with Gasteiger partial charge >= 0.3 is 0 Å². The van der Waals surface area contributed by atoms with Crippen LogP contribution in [-0.2, 0) is 26.1 Å². The fourth-order valence-corrected chi connectivity index (χ4v) is 7.70. The van der Waals surface area contributed by atoms with Crippen LogP contribution in [0.4, 0.5) is 0 Å². The Bertz CT molecular complexity index is 1080. The number of nitrogens with one attached hydrogen (secondary N) is 1. The van der Waals surface area contributed by atoms with E-state index in [0.29, 0.717) is 13.0 Å². The Morgan fingerprint density at radius 2 is 1.86 bits per heavy atom. The number of carbonyl (C=O) groups is 1. The number of benzene rings is 2. The van der Waals surface area contributed by atoms with Crippen LogP contribution in [0.15, 0.2) is 53.4 Å². The third-order valence-corrected chi connectivity index (χ3v) is 9.18. The molecule has 1 amide bonds. The van der Waals surface area contributed by atoms with E-state index in [1.54, 1.807) is 0 Å². The molecule has 1 atom stereocenters. The molecule has 1 heterocycles. The first-order valence-corrected chi connectivity index (χ1v) is 12.5.